The van der Waals surface area contributed by atoms with E-state index in [0.717, 1.165) is 17.1 Å². The molecular formula is C78H65N. The standard InChI is InChI=1S/C78H65N/c1-50(2)45-70(51(3)4)55-33-31-54(32-34-55)56-37-42-68-65-26-13-16-29-72(65)78(75(68)47-56)73-30-17-14-27-66(73)69-43-38-58(48-76(69)78)63-24-11-10-23-62(63)57-21-18-22-60(46-57)79(59-39-35-53(36-40-59)52-19-8-7-9-20-52)61-41-44-67-64-25-12-15-28-71(64)77(5,6)74(67)49-61/h7-44,46-51,70H,45H2,1-6H3. The van der Waals surface area contributed by atoms with Gasteiger partial charge in [0, 0.05) is 22.5 Å². The third-order valence-electron chi connectivity index (χ3n) is 18.0. The highest BCUT2D eigenvalue weighted by atomic mass is 15.1. The van der Waals surface area contributed by atoms with Crippen LogP contribution in [0.1, 0.15) is 92.8 Å². The molecule has 2 atom stereocenters. The molecule has 0 radical (unpaired) electrons. The Morgan fingerprint density at radius 3 is 1.34 bits per heavy atom. The fourth-order valence-electron chi connectivity index (χ4n) is 14.2. The molecule has 0 bridgehead atoms. The van der Waals surface area contributed by atoms with Crippen LogP contribution in [0.3, 0.4) is 0 Å². The van der Waals surface area contributed by atoms with Crippen LogP contribution in [0.5, 0.6) is 0 Å². The van der Waals surface area contributed by atoms with Crippen molar-refractivity contribution < 1.29 is 0 Å². The summed E-state index contributed by atoms with van der Waals surface area (Å²) in [5.74, 6) is 1.78. The first-order valence-corrected chi connectivity index (χ1v) is 28.6. The van der Waals surface area contributed by atoms with Crippen molar-refractivity contribution >= 4 is 17.1 Å². The van der Waals surface area contributed by atoms with Crippen LogP contribution in [-0.2, 0) is 10.8 Å². The molecule has 14 rings (SSSR count). The molecule has 0 aliphatic heterocycles. The van der Waals surface area contributed by atoms with Gasteiger partial charge in [0.2, 0.25) is 0 Å². The van der Waals surface area contributed by atoms with Gasteiger partial charge in [0.1, 0.15) is 0 Å². The summed E-state index contributed by atoms with van der Waals surface area (Å²) in [6.45, 7) is 14.2. The number of benzene rings is 11. The van der Waals surface area contributed by atoms with E-state index >= 15 is 0 Å². The van der Waals surface area contributed by atoms with E-state index in [1.165, 1.54) is 123 Å². The van der Waals surface area contributed by atoms with Crippen molar-refractivity contribution in [2.24, 2.45) is 11.8 Å². The molecule has 3 aliphatic rings. The smallest absolute Gasteiger partial charge is 0.0725 e. The van der Waals surface area contributed by atoms with Gasteiger partial charge in [-0.2, -0.15) is 0 Å². The van der Waals surface area contributed by atoms with Crippen LogP contribution in [0.25, 0.3) is 77.9 Å². The molecule has 11 aromatic carbocycles. The fraction of sp³-hybridized carbons (Fsp3) is 0.154. The molecule has 0 amide bonds. The van der Waals surface area contributed by atoms with Crippen molar-refractivity contribution in [2.75, 3.05) is 4.90 Å². The summed E-state index contributed by atoms with van der Waals surface area (Å²) in [6.07, 6.45) is 1.20. The van der Waals surface area contributed by atoms with E-state index in [9.17, 15) is 0 Å². The van der Waals surface area contributed by atoms with Crippen LogP contribution in [-0.4, -0.2) is 0 Å². The lowest BCUT2D eigenvalue weighted by atomic mass is 9.70. The Balaban J connectivity index is 0.893. The number of anilines is 3. The van der Waals surface area contributed by atoms with Crippen molar-refractivity contribution in [2.45, 2.75) is 64.7 Å². The molecule has 0 saturated carbocycles. The van der Waals surface area contributed by atoms with Gasteiger partial charge >= 0.3 is 0 Å². The van der Waals surface area contributed by atoms with E-state index in [2.05, 4.69) is 301 Å². The third kappa shape index (κ3) is 7.80. The topological polar surface area (TPSA) is 3.24 Å². The average Bonchev–Trinajstić information content (AvgIpc) is 2.46. The van der Waals surface area contributed by atoms with E-state index in [0.29, 0.717) is 17.8 Å². The van der Waals surface area contributed by atoms with E-state index in [1.807, 2.05) is 0 Å². The molecule has 0 aromatic heterocycles. The van der Waals surface area contributed by atoms with E-state index in [4.69, 9.17) is 0 Å². The van der Waals surface area contributed by atoms with Crippen molar-refractivity contribution in [1.82, 2.24) is 0 Å². The molecular weight excluding hydrogens is 951 g/mol. The van der Waals surface area contributed by atoms with Gasteiger partial charge in [-0.1, -0.05) is 248 Å². The predicted octanol–water partition coefficient (Wildman–Crippen LogP) is 21.3. The number of rotatable bonds is 11. The first-order valence-electron chi connectivity index (χ1n) is 28.6. The molecule has 0 heterocycles. The molecule has 79 heavy (non-hydrogen) atoms. The monoisotopic (exact) mass is 1020 g/mol. The van der Waals surface area contributed by atoms with Gasteiger partial charge in [-0.25, -0.2) is 0 Å². The predicted molar refractivity (Wildman–Crippen MR) is 334 cm³/mol. The summed E-state index contributed by atoms with van der Waals surface area (Å²) in [4.78, 5) is 2.45. The zero-order valence-electron chi connectivity index (χ0n) is 46.1. The molecule has 382 valence electrons. The number of hydrogen-bond acceptors (Lipinski definition) is 1. The van der Waals surface area contributed by atoms with Crippen LogP contribution >= 0.6 is 0 Å². The van der Waals surface area contributed by atoms with Gasteiger partial charge in [-0.15, -0.1) is 0 Å². The highest BCUT2D eigenvalue weighted by Gasteiger charge is 2.52. The minimum absolute atomic E-state index is 0.136. The first-order chi connectivity index (χ1) is 38.6. The van der Waals surface area contributed by atoms with Crippen molar-refractivity contribution in [3.8, 4) is 77.9 Å². The van der Waals surface area contributed by atoms with Gasteiger partial charge < -0.3 is 4.90 Å². The largest absolute Gasteiger partial charge is 0.310 e. The summed E-state index contributed by atoms with van der Waals surface area (Å²) in [5.41, 5.74) is 29.9. The lowest BCUT2D eigenvalue weighted by Crippen LogP contribution is -2.26. The molecule has 1 nitrogen and oxygen atoms in total. The highest BCUT2D eigenvalue weighted by Crippen LogP contribution is 2.64. The van der Waals surface area contributed by atoms with Crippen molar-refractivity contribution in [3.05, 3.63) is 294 Å². The normalized spacial score (nSPS) is 15.3. The minimum Gasteiger partial charge on any atom is -0.310 e. The quantitative estimate of drug-likeness (QED) is 0.125. The maximum atomic E-state index is 2.54. The van der Waals surface area contributed by atoms with Gasteiger partial charge in [-0.3, -0.25) is 0 Å². The lowest BCUT2D eigenvalue weighted by Gasteiger charge is -2.31. The van der Waals surface area contributed by atoms with Gasteiger partial charge in [0.15, 0.2) is 0 Å². The Kier molecular flexibility index (Phi) is 11.7. The Hall–Kier alpha value is -8.78. The molecule has 11 aromatic rings. The highest BCUT2D eigenvalue weighted by molar-refractivity contribution is 5.98. The Bertz CT molecular complexity index is 4120. The van der Waals surface area contributed by atoms with E-state index in [1.54, 1.807) is 0 Å². The Morgan fingerprint density at radius 1 is 0.304 bits per heavy atom. The summed E-state index contributed by atoms with van der Waals surface area (Å²) in [5, 5.41) is 0. The van der Waals surface area contributed by atoms with Crippen LogP contribution in [0.4, 0.5) is 17.1 Å². The number of fused-ring (bicyclic) bond motifs is 13. The molecule has 2 unspecified atom stereocenters. The molecule has 3 aliphatic carbocycles. The zero-order chi connectivity index (χ0) is 53.6. The van der Waals surface area contributed by atoms with E-state index in [-0.39, 0.29) is 5.41 Å². The zero-order valence-corrected chi connectivity index (χ0v) is 46.1. The molecule has 0 saturated heterocycles. The van der Waals surface area contributed by atoms with Crippen LogP contribution in [0.15, 0.2) is 255 Å². The number of nitrogens with zero attached hydrogens (tertiary/aromatic N) is 1. The van der Waals surface area contributed by atoms with Gasteiger partial charge in [0.25, 0.3) is 0 Å². The maximum Gasteiger partial charge on any atom is 0.0725 e. The summed E-state index contributed by atoms with van der Waals surface area (Å²) in [7, 11) is 0. The van der Waals surface area contributed by atoms with Crippen LogP contribution in [0.2, 0.25) is 0 Å². The van der Waals surface area contributed by atoms with Crippen LogP contribution < -0.4 is 4.90 Å². The second-order valence-corrected chi connectivity index (χ2v) is 23.7. The Morgan fingerprint density at radius 2 is 0.722 bits per heavy atom. The lowest BCUT2D eigenvalue weighted by molar-refractivity contribution is 0.408. The maximum absolute atomic E-state index is 2.54. The van der Waals surface area contributed by atoms with Crippen molar-refractivity contribution in [3.63, 3.8) is 0 Å². The van der Waals surface area contributed by atoms with Crippen molar-refractivity contribution in [1.29, 1.82) is 0 Å². The molecule has 0 fully saturated rings. The van der Waals surface area contributed by atoms with Gasteiger partial charge in [-0.05, 0) is 190 Å². The SMILES string of the molecule is CC(C)CC(c1ccc(-c2ccc3c(c2)C2(c4ccccc4-3)c3ccccc3-c3ccc(-c4ccccc4-c4cccc(N(c5ccc(-c6ccccc6)cc5)c5ccc6c(c5)C(C)(C)c5ccccc5-6)c4)cc32)cc1)C(C)C. The molecule has 1 heteroatoms. The summed E-state index contributed by atoms with van der Waals surface area (Å²) < 4.78 is 0. The minimum atomic E-state index is -0.499. The number of hydrogen-bond donors (Lipinski definition) is 0. The summed E-state index contributed by atoms with van der Waals surface area (Å²) in [6, 6.07) is 96.5. The van der Waals surface area contributed by atoms with Crippen LogP contribution in [0, 0.1) is 11.8 Å². The average molecular weight is 1020 g/mol. The van der Waals surface area contributed by atoms with E-state index < -0.39 is 5.41 Å². The summed E-state index contributed by atoms with van der Waals surface area (Å²) >= 11 is 0. The second kappa shape index (κ2) is 19.0. The second-order valence-electron chi connectivity index (χ2n) is 23.7. The third-order valence-corrected chi connectivity index (χ3v) is 18.0. The molecule has 1 spiro atoms. The first kappa shape index (κ1) is 48.6. The fourth-order valence-corrected chi connectivity index (χ4v) is 14.2. The Labute approximate surface area is 467 Å². The van der Waals surface area contributed by atoms with Gasteiger partial charge in [0.05, 0.1) is 5.41 Å². The molecule has 0 N–H and O–H groups in total.